The van der Waals surface area contributed by atoms with E-state index in [2.05, 4.69) is 66.3 Å². The number of likely N-dealkylation sites (tertiary alicyclic amines) is 1. The van der Waals surface area contributed by atoms with Crippen molar-refractivity contribution < 1.29 is 9.32 Å². The summed E-state index contributed by atoms with van der Waals surface area (Å²) >= 11 is 12.3. The third-order valence-electron chi connectivity index (χ3n) is 6.60. The highest BCUT2D eigenvalue weighted by Gasteiger charge is 2.30. The zero-order chi connectivity index (χ0) is 25.1. The molecule has 186 valence electrons. The molecule has 2 aromatic carbocycles. The highest BCUT2D eigenvalue weighted by atomic mass is 35.5. The lowest BCUT2D eigenvalue weighted by Gasteiger charge is -2.33. The Morgan fingerprint density at radius 2 is 2.00 bits per heavy atom. The van der Waals surface area contributed by atoms with Gasteiger partial charge in [-0.05, 0) is 68.5 Å². The predicted molar refractivity (Wildman–Crippen MR) is 139 cm³/mol. The number of nitrogens with zero attached hydrogens (tertiary/aromatic N) is 3. The van der Waals surface area contributed by atoms with Crippen molar-refractivity contribution in [1.82, 2.24) is 20.4 Å². The lowest BCUT2D eigenvalue weighted by Crippen LogP contribution is -2.44. The van der Waals surface area contributed by atoms with Crippen LogP contribution in [0, 0.1) is 25.7 Å². The molecule has 3 aromatic rings. The number of piperidine rings is 1. The van der Waals surface area contributed by atoms with E-state index in [1.54, 1.807) is 18.2 Å². The molecule has 1 aliphatic heterocycles. The lowest BCUT2D eigenvalue weighted by atomic mass is 9.90. The van der Waals surface area contributed by atoms with Gasteiger partial charge in [-0.25, -0.2) is 0 Å². The minimum Gasteiger partial charge on any atom is -0.349 e. The molecule has 0 spiro atoms. The van der Waals surface area contributed by atoms with Gasteiger partial charge in [-0.1, -0.05) is 66.0 Å². The van der Waals surface area contributed by atoms with E-state index in [4.69, 9.17) is 27.7 Å². The second-order valence-electron chi connectivity index (χ2n) is 9.80. The molecule has 2 heterocycles. The molecule has 1 saturated heterocycles. The topological polar surface area (TPSA) is 71.3 Å². The van der Waals surface area contributed by atoms with Gasteiger partial charge in [0.2, 0.25) is 17.6 Å². The van der Waals surface area contributed by atoms with Gasteiger partial charge in [0, 0.05) is 17.1 Å². The van der Waals surface area contributed by atoms with Gasteiger partial charge in [0.25, 0.3) is 0 Å². The van der Waals surface area contributed by atoms with Crippen LogP contribution in [0.4, 0.5) is 0 Å². The molecule has 1 amide bonds. The molecule has 8 heteroatoms. The maximum atomic E-state index is 13.3. The van der Waals surface area contributed by atoms with Crippen LogP contribution >= 0.6 is 23.2 Å². The molecule has 0 bridgehead atoms. The summed E-state index contributed by atoms with van der Waals surface area (Å²) in [7, 11) is 0. The van der Waals surface area contributed by atoms with Crippen molar-refractivity contribution in [2.75, 3.05) is 13.1 Å². The van der Waals surface area contributed by atoms with Crippen molar-refractivity contribution in [3.05, 3.63) is 69.0 Å². The van der Waals surface area contributed by atoms with E-state index in [0.29, 0.717) is 40.4 Å². The Bertz CT molecular complexity index is 1190. The highest BCUT2D eigenvalue weighted by molar-refractivity contribution is 6.36. The van der Waals surface area contributed by atoms with Crippen molar-refractivity contribution in [3.63, 3.8) is 0 Å². The second-order valence-corrected chi connectivity index (χ2v) is 10.6. The summed E-state index contributed by atoms with van der Waals surface area (Å²) in [6.45, 7) is 10.5. The molecular weight excluding hydrogens is 483 g/mol. The largest absolute Gasteiger partial charge is 0.349 e. The van der Waals surface area contributed by atoms with Crippen LogP contribution in [0.25, 0.3) is 11.4 Å². The minimum absolute atomic E-state index is 0.0129. The van der Waals surface area contributed by atoms with Crippen LogP contribution in [0.2, 0.25) is 10.0 Å². The minimum atomic E-state index is -0.0798. The third-order valence-corrected chi connectivity index (χ3v) is 7.15. The first kappa shape index (κ1) is 25.7. The van der Waals surface area contributed by atoms with Crippen LogP contribution in [0.1, 0.15) is 55.3 Å². The lowest BCUT2D eigenvalue weighted by molar-refractivity contribution is -0.128. The first-order chi connectivity index (χ1) is 16.7. The first-order valence-electron chi connectivity index (χ1n) is 12.1. The maximum absolute atomic E-state index is 13.3. The fourth-order valence-electron chi connectivity index (χ4n) is 4.75. The van der Waals surface area contributed by atoms with E-state index in [-0.39, 0.29) is 23.8 Å². The van der Waals surface area contributed by atoms with Crippen molar-refractivity contribution in [2.24, 2.45) is 11.8 Å². The van der Waals surface area contributed by atoms with Crippen LogP contribution in [-0.2, 0) is 11.3 Å². The number of amides is 1. The summed E-state index contributed by atoms with van der Waals surface area (Å²) in [5.41, 5.74) is 4.30. The maximum Gasteiger partial charge on any atom is 0.241 e. The Labute approximate surface area is 217 Å². The first-order valence-corrected chi connectivity index (χ1v) is 12.8. The Morgan fingerprint density at radius 3 is 2.71 bits per heavy atom. The van der Waals surface area contributed by atoms with Crippen molar-refractivity contribution in [2.45, 2.75) is 53.1 Å². The molecule has 0 radical (unpaired) electrons. The molecular formula is C27H32Cl2N4O2. The standard InChI is InChI=1S/C27H32Cl2N4O2/c1-16(2)25(21-9-7-17(3)12-18(21)4)31-27(34)19-6-5-11-33(14-19)15-24-30-26(32-35-24)22-10-8-20(28)13-23(22)29/h7-10,12-13,16,19,25H,5-6,11,14-15H2,1-4H3,(H,31,34). The number of halogens is 2. The SMILES string of the molecule is Cc1ccc(C(NC(=O)C2CCCN(Cc3nc(-c4ccc(Cl)cc4Cl)no3)C2)C(C)C)c(C)c1. The molecule has 35 heavy (non-hydrogen) atoms. The molecule has 4 rings (SSSR count). The van der Waals surface area contributed by atoms with Crippen LogP contribution in [0.15, 0.2) is 40.9 Å². The van der Waals surface area contributed by atoms with Crippen LogP contribution in [-0.4, -0.2) is 34.0 Å². The van der Waals surface area contributed by atoms with Gasteiger partial charge in [0.05, 0.1) is 23.5 Å². The molecule has 1 aliphatic rings. The van der Waals surface area contributed by atoms with Gasteiger partial charge in [0.15, 0.2) is 0 Å². The molecule has 6 nitrogen and oxygen atoms in total. The highest BCUT2D eigenvalue weighted by Crippen LogP contribution is 2.30. The van der Waals surface area contributed by atoms with Crippen molar-refractivity contribution >= 4 is 29.1 Å². The molecule has 2 unspecified atom stereocenters. The van der Waals surface area contributed by atoms with Crippen molar-refractivity contribution in [3.8, 4) is 11.4 Å². The van der Waals surface area contributed by atoms with E-state index in [1.165, 1.54) is 16.7 Å². The van der Waals surface area contributed by atoms with E-state index >= 15 is 0 Å². The summed E-state index contributed by atoms with van der Waals surface area (Å²) in [6, 6.07) is 11.6. The zero-order valence-corrected chi connectivity index (χ0v) is 22.2. The molecule has 1 fully saturated rings. The van der Waals surface area contributed by atoms with Crippen LogP contribution < -0.4 is 5.32 Å². The molecule has 0 aliphatic carbocycles. The van der Waals surface area contributed by atoms with Gasteiger partial charge in [-0.2, -0.15) is 4.98 Å². The number of benzene rings is 2. The quantitative estimate of drug-likeness (QED) is 0.395. The monoisotopic (exact) mass is 514 g/mol. The fraction of sp³-hybridized carbons (Fsp3) is 0.444. The Balaban J connectivity index is 1.40. The van der Waals surface area contributed by atoms with Gasteiger partial charge >= 0.3 is 0 Å². The summed E-state index contributed by atoms with van der Waals surface area (Å²) in [5.74, 6) is 1.25. The summed E-state index contributed by atoms with van der Waals surface area (Å²) in [6.07, 6.45) is 1.81. The normalized spacial score (nSPS) is 17.5. The number of hydrogen-bond acceptors (Lipinski definition) is 5. The summed E-state index contributed by atoms with van der Waals surface area (Å²) < 4.78 is 5.48. The van der Waals surface area contributed by atoms with E-state index in [0.717, 1.165) is 19.4 Å². The fourth-order valence-corrected chi connectivity index (χ4v) is 5.25. The van der Waals surface area contributed by atoms with Gasteiger partial charge in [0.1, 0.15) is 0 Å². The summed E-state index contributed by atoms with van der Waals surface area (Å²) in [4.78, 5) is 20.0. The Morgan fingerprint density at radius 1 is 1.20 bits per heavy atom. The van der Waals surface area contributed by atoms with Gasteiger partial charge < -0.3 is 9.84 Å². The Hall–Kier alpha value is -2.41. The van der Waals surface area contributed by atoms with Gasteiger partial charge in [-0.15, -0.1) is 0 Å². The molecule has 1 N–H and O–H groups in total. The predicted octanol–water partition coefficient (Wildman–Crippen LogP) is 6.39. The number of aryl methyl sites for hydroxylation is 2. The molecule has 2 atom stereocenters. The number of carbonyl (C=O) groups is 1. The number of aromatic nitrogens is 2. The molecule has 1 aromatic heterocycles. The molecule has 0 saturated carbocycles. The number of rotatable bonds is 7. The van der Waals surface area contributed by atoms with Gasteiger partial charge in [-0.3, -0.25) is 9.69 Å². The number of hydrogen-bond donors (Lipinski definition) is 1. The number of nitrogens with one attached hydrogen (secondary N) is 1. The second kappa shape index (κ2) is 11.1. The number of carbonyl (C=O) groups excluding carboxylic acids is 1. The average Bonchev–Trinajstić information content (AvgIpc) is 3.26. The summed E-state index contributed by atoms with van der Waals surface area (Å²) in [5, 5.41) is 8.45. The van der Waals surface area contributed by atoms with Crippen molar-refractivity contribution in [1.29, 1.82) is 0 Å². The van der Waals surface area contributed by atoms with E-state index < -0.39 is 0 Å². The zero-order valence-electron chi connectivity index (χ0n) is 20.6. The van der Waals surface area contributed by atoms with Crippen LogP contribution in [0.3, 0.4) is 0 Å². The van der Waals surface area contributed by atoms with E-state index in [1.807, 2.05) is 0 Å². The Kier molecular flexibility index (Phi) is 8.15. The van der Waals surface area contributed by atoms with E-state index in [9.17, 15) is 4.79 Å². The average molecular weight is 515 g/mol. The van der Waals surface area contributed by atoms with Crippen LogP contribution in [0.5, 0.6) is 0 Å². The smallest absolute Gasteiger partial charge is 0.241 e. The third kappa shape index (κ3) is 6.24.